The zero-order chi connectivity index (χ0) is 10.7. The number of nitrogens with zero attached hydrogens (tertiary/aromatic N) is 2. The molecule has 1 saturated heterocycles. The number of nitrogens with one attached hydrogen (secondary N) is 1. The van der Waals surface area contributed by atoms with E-state index in [2.05, 4.69) is 29.4 Å². The Balaban J connectivity index is 2.05. The van der Waals surface area contributed by atoms with Crippen molar-refractivity contribution in [3.8, 4) is 0 Å². The largest absolute Gasteiger partial charge is 0.311 e. The minimum atomic E-state index is 0.238. The number of thioether (sulfide) groups is 1. The molecule has 1 unspecified atom stereocenters. The van der Waals surface area contributed by atoms with E-state index in [4.69, 9.17) is 0 Å². The van der Waals surface area contributed by atoms with Crippen LogP contribution >= 0.6 is 23.1 Å². The molecule has 2 heterocycles. The van der Waals surface area contributed by atoms with Crippen LogP contribution in [0.5, 0.6) is 0 Å². The fraction of sp³-hybridized carbons (Fsp3) is 0.800. The summed E-state index contributed by atoms with van der Waals surface area (Å²) in [5.74, 6) is 1.26. The molecule has 1 aromatic heterocycles. The van der Waals surface area contributed by atoms with Crippen molar-refractivity contribution in [3.63, 3.8) is 0 Å². The Kier molecular flexibility index (Phi) is 3.64. The molecule has 0 bridgehead atoms. The topological polar surface area (TPSA) is 37.8 Å². The van der Waals surface area contributed by atoms with Crippen LogP contribution in [0.2, 0.25) is 0 Å². The molecule has 1 aliphatic heterocycles. The summed E-state index contributed by atoms with van der Waals surface area (Å²) in [5, 5.41) is 14.2. The molecule has 2 rings (SSSR count). The second-order valence-corrected chi connectivity index (χ2v) is 6.62. The fourth-order valence-corrected chi connectivity index (χ4v) is 4.09. The zero-order valence-electron chi connectivity index (χ0n) is 9.25. The molecule has 1 aliphatic rings. The maximum absolute atomic E-state index is 4.33. The minimum absolute atomic E-state index is 0.238. The smallest absolute Gasteiger partial charge is 0.133 e. The van der Waals surface area contributed by atoms with Crippen LogP contribution in [0.4, 0.5) is 0 Å². The van der Waals surface area contributed by atoms with Crippen LogP contribution in [-0.2, 0) is 11.3 Å². The second-order valence-electron chi connectivity index (χ2n) is 3.96. The van der Waals surface area contributed by atoms with Gasteiger partial charge in [-0.2, -0.15) is 0 Å². The lowest BCUT2D eigenvalue weighted by Crippen LogP contribution is -2.12. The first-order valence-corrected chi connectivity index (χ1v) is 7.22. The maximum atomic E-state index is 4.33. The number of hydrogen-bond acceptors (Lipinski definition) is 5. The molecule has 1 N–H and O–H groups in total. The number of hydrogen-bond donors (Lipinski definition) is 1. The Morgan fingerprint density at radius 3 is 3.00 bits per heavy atom. The number of aromatic nitrogens is 2. The van der Waals surface area contributed by atoms with Crippen LogP contribution in [0.3, 0.4) is 0 Å². The molecule has 0 saturated carbocycles. The van der Waals surface area contributed by atoms with Gasteiger partial charge in [0.2, 0.25) is 0 Å². The first-order valence-electron chi connectivity index (χ1n) is 5.42. The van der Waals surface area contributed by atoms with E-state index in [1.165, 1.54) is 23.6 Å². The van der Waals surface area contributed by atoms with E-state index in [9.17, 15) is 0 Å². The second kappa shape index (κ2) is 4.80. The molecule has 0 spiro atoms. The molecule has 15 heavy (non-hydrogen) atoms. The van der Waals surface area contributed by atoms with Crippen LogP contribution < -0.4 is 5.32 Å². The molecule has 84 valence electrons. The lowest BCUT2D eigenvalue weighted by molar-refractivity contribution is 0.632. The van der Waals surface area contributed by atoms with Crippen LogP contribution in [0.25, 0.3) is 0 Å². The molecule has 1 atom stereocenters. The zero-order valence-corrected chi connectivity index (χ0v) is 10.9. The summed E-state index contributed by atoms with van der Waals surface area (Å²) >= 11 is 3.79. The third-order valence-corrected chi connectivity index (χ3v) is 5.51. The lowest BCUT2D eigenvalue weighted by atomic mass is 10.1. The summed E-state index contributed by atoms with van der Waals surface area (Å²) < 4.78 is 0.238. The van der Waals surface area contributed by atoms with Gasteiger partial charge in [-0.3, -0.25) is 0 Å². The molecular weight excluding hydrogens is 226 g/mol. The summed E-state index contributed by atoms with van der Waals surface area (Å²) in [7, 11) is 0. The van der Waals surface area contributed by atoms with Gasteiger partial charge >= 0.3 is 0 Å². The summed E-state index contributed by atoms with van der Waals surface area (Å²) in [6.07, 6.45) is 2.55. The first-order chi connectivity index (χ1) is 7.24. The molecular formula is C10H17N3S2. The van der Waals surface area contributed by atoms with Crippen molar-refractivity contribution < 1.29 is 0 Å². The van der Waals surface area contributed by atoms with E-state index in [1.807, 2.05) is 11.8 Å². The molecule has 5 heteroatoms. The first kappa shape index (κ1) is 11.4. The van der Waals surface area contributed by atoms with Gasteiger partial charge in [0.15, 0.2) is 0 Å². The molecule has 3 nitrogen and oxygen atoms in total. The highest BCUT2D eigenvalue weighted by atomic mass is 32.2. The van der Waals surface area contributed by atoms with E-state index in [1.54, 1.807) is 11.3 Å². The average molecular weight is 243 g/mol. The van der Waals surface area contributed by atoms with E-state index >= 15 is 0 Å². The van der Waals surface area contributed by atoms with Crippen LogP contribution in [-0.4, -0.2) is 22.5 Å². The predicted molar refractivity (Wildman–Crippen MR) is 66.3 cm³/mol. The highest BCUT2D eigenvalue weighted by Gasteiger charge is 2.34. The normalized spacial score (nSPS) is 26.0. The van der Waals surface area contributed by atoms with Crippen molar-refractivity contribution in [2.24, 2.45) is 0 Å². The van der Waals surface area contributed by atoms with Gasteiger partial charge in [-0.25, -0.2) is 0 Å². The number of rotatable bonds is 4. The Morgan fingerprint density at radius 1 is 1.47 bits per heavy atom. The molecule has 0 amide bonds. The van der Waals surface area contributed by atoms with Crippen LogP contribution in [0.1, 0.15) is 36.7 Å². The Labute approximate surface area is 99.1 Å². The van der Waals surface area contributed by atoms with Gasteiger partial charge in [0.05, 0.1) is 4.75 Å². The molecule has 0 radical (unpaired) electrons. The average Bonchev–Trinajstić information content (AvgIpc) is 2.84. The molecule has 0 aliphatic carbocycles. The van der Waals surface area contributed by atoms with Crippen molar-refractivity contribution >= 4 is 23.1 Å². The SMILES string of the molecule is CCNCc1nnc(C2(C)CCCS2)s1. The third kappa shape index (κ3) is 2.52. The van der Waals surface area contributed by atoms with Gasteiger partial charge < -0.3 is 5.32 Å². The van der Waals surface area contributed by atoms with Gasteiger partial charge in [0.25, 0.3) is 0 Å². The van der Waals surface area contributed by atoms with Crippen LogP contribution in [0.15, 0.2) is 0 Å². The van der Waals surface area contributed by atoms with Gasteiger partial charge in [-0.05, 0) is 32.1 Å². The molecule has 1 aromatic rings. The summed E-state index contributed by atoms with van der Waals surface area (Å²) in [6.45, 7) is 6.24. The standard InChI is InChI=1S/C10H17N3S2/c1-3-11-7-8-12-13-9(15-8)10(2)5-4-6-14-10/h11H,3-7H2,1-2H3. The third-order valence-electron chi connectivity index (χ3n) is 2.66. The summed E-state index contributed by atoms with van der Waals surface area (Å²) in [5.41, 5.74) is 0. The highest BCUT2D eigenvalue weighted by Crippen LogP contribution is 2.46. The Bertz CT molecular complexity index is 318. The van der Waals surface area contributed by atoms with Gasteiger partial charge in [-0.15, -0.1) is 22.0 Å². The maximum Gasteiger partial charge on any atom is 0.133 e. The van der Waals surface area contributed by atoms with Crippen molar-refractivity contribution in [3.05, 3.63) is 10.0 Å². The molecule has 1 fully saturated rings. The van der Waals surface area contributed by atoms with Crippen molar-refractivity contribution in [1.82, 2.24) is 15.5 Å². The van der Waals surface area contributed by atoms with Crippen molar-refractivity contribution in [2.45, 2.75) is 38.0 Å². The van der Waals surface area contributed by atoms with Crippen LogP contribution in [0, 0.1) is 0 Å². The Morgan fingerprint density at radius 2 is 2.33 bits per heavy atom. The van der Waals surface area contributed by atoms with Gasteiger partial charge in [-0.1, -0.05) is 18.3 Å². The van der Waals surface area contributed by atoms with E-state index in [-0.39, 0.29) is 4.75 Å². The van der Waals surface area contributed by atoms with Crippen molar-refractivity contribution in [1.29, 1.82) is 0 Å². The Hall–Kier alpha value is -0.130. The summed E-state index contributed by atoms with van der Waals surface area (Å²) in [6, 6.07) is 0. The van der Waals surface area contributed by atoms with Gasteiger partial charge in [0, 0.05) is 6.54 Å². The van der Waals surface area contributed by atoms with E-state index < -0.39 is 0 Å². The van der Waals surface area contributed by atoms with E-state index in [0.717, 1.165) is 18.1 Å². The van der Waals surface area contributed by atoms with E-state index in [0.29, 0.717) is 0 Å². The highest BCUT2D eigenvalue weighted by molar-refractivity contribution is 8.00. The minimum Gasteiger partial charge on any atom is -0.311 e. The van der Waals surface area contributed by atoms with Gasteiger partial charge in [0.1, 0.15) is 10.0 Å². The quantitative estimate of drug-likeness (QED) is 0.881. The predicted octanol–water partition coefficient (Wildman–Crippen LogP) is 2.39. The monoisotopic (exact) mass is 243 g/mol. The molecule has 0 aromatic carbocycles. The lowest BCUT2D eigenvalue weighted by Gasteiger charge is -2.17. The van der Waals surface area contributed by atoms with Crippen molar-refractivity contribution in [2.75, 3.05) is 12.3 Å². The fourth-order valence-electron chi connectivity index (χ4n) is 1.72. The summed E-state index contributed by atoms with van der Waals surface area (Å²) in [4.78, 5) is 0.